The van der Waals surface area contributed by atoms with E-state index in [1.807, 2.05) is 0 Å². The maximum Gasteiger partial charge on any atom is 0.341 e. The van der Waals surface area contributed by atoms with E-state index in [0.717, 1.165) is 6.07 Å². The van der Waals surface area contributed by atoms with Crippen molar-refractivity contribution in [3.63, 3.8) is 0 Å². The smallest absolute Gasteiger partial charge is 0.341 e. The summed E-state index contributed by atoms with van der Waals surface area (Å²) < 4.78 is 14.2. The number of hydrogen-bond donors (Lipinski definition) is 1. The third-order valence-corrected chi connectivity index (χ3v) is 3.24. The van der Waals surface area contributed by atoms with Gasteiger partial charge in [0.05, 0.1) is 29.4 Å². The lowest BCUT2D eigenvalue weighted by atomic mass is 10.1. The third-order valence-electron chi connectivity index (χ3n) is 3.24. The molecule has 0 radical (unpaired) electrons. The Kier molecular flexibility index (Phi) is 6.05. The van der Waals surface area contributed by atoms with Gasteiger partial charge in [0, 0.05) is 0 Å². The fourth-order valence-corrected chi connectivity index (χ4v) is 1.97. The van der Waals surface area contributed by atoms with E-state index in [2.05, 4.69) is 4.74 Å². The molecular weight excluding hydrogens is 344 g/mol. The van der Waals surface area contributed by atoms with Crippen molar-refractivity contribution >= 4 is 23.9 Å². The number of rotatable bonds is 6. The van der Waals surface area contributed by atoms with Gasteiger partial charge < -0.3 is 19.3 Å². The van der Waals surface area contributed by atoms with Crippen LogP contribution < -0.4 is 0 Å². The van der Waals surface area contributed by atoms with Crippen LogP contribution >= 0.6 is 0 Å². The Bertz CT molecular complexity index is 856. The SMILES string of the molecule is COC(=O)c1cccc(C(=O)OCOC(=O)c2cccc(C(=O)O)c2)c1. The number of carboxylic acid groups (broad SMARTS) is 1. The van der Waals surface area contributed by atoms with Crippen molar-refractivity contribution < 1.29 is 38.5 Å². The van der Waals surface area contributed by atoms with Gasteiger partial charge in [-0.3, -0.25) is 0 Å². The molecule has 8 nitrogen and oxygen atoms in total. The monoisotopic (exact) mass is 358 g/mol. The molecule has 0 saturated carbocycles. The molecule has 1 N–H and O–H groups in total. The largest absolute Gasteiger partial charge is 0.478 e. The first-order chi connectivity index (χ1) is 12.4. The molecule has 0 atom stereocenters. The molecule has 0 aliphatic heterocycles. The predicted molar refractivity (Wildman–Crippen MR) is 86.9 cm³/mol. The number of carbonyl (C=O) groups excluding carboxylic acids is 3. The highest BCUT2D eigenvalue weighted by molar-refractivity contribution is 5.96. The second-order valence-corrected chi connectivity index (χ2v) is 4.94. The van der Waals surface area contributed by atoms with Crippen LogP contribution in [0.5, 0.6) is 0 Å². The summed E-state index contributed by atoms with van der Waals surface area (Å²) in [7, 11) is 1.21. The Labute approximate surface area is 147 Å². The van der Waals surface area contributed by atoms with E-state index in [9.17, 15) is 19.2 Å². The lowest BCUT2D eigenvalue weighted by Crippen LogP contribution is -2.14. The third kappa shape index (κ3) is 4.67. The summed E-state index contributed by atoms with van der Waals surface area (Å²) in [5.41, 5.74) is 0.186. The van der Waals surface area contributed by atoms with Crippen molar-refractivity contribution in [2.45, 2.75) is 0 Å². The van der Waals surface area contributed by atoms with E-state index in [-0.39, 0.29) is 22.3 Å². The first-order valence-corrected chi connectivity index (χ1v) is 7.28. The molecule has 0 heterocycles. The minimum atomic E-state index is -1.18. The van der Waals surface area contributed by atoms with Crippen LogP contribution in [0, 0.1) is 0 Å². The summed E-state index contributed by atoms with van der Waals surface area (Å²) in [6.07, 6.45) is 0. The number of esters is 3. The van der Waals surface area contributed by atoms with E-state index in [0.29, 0.717) is 0 Å². The number of methoxy groups -OCH3 is 1. The molecule has 0 bridgehead atoms. The Hall–Kier alpha value is -3.68. The van der Waals surface area contributed by atoms with Crippen LogP contribution in [0.15, 0.2) is 48.5 Å². The Balaban J connectivity index is 1.94. The van der Waals surface area contributed by atoms with Crippen molar-refractivity contribution in [2.75, 3.05) is 13.9 Å². The summed E-state index contributed by atoms with van der Waals surface area (Å²) in [6, 6.07) is 10.9. The highest BCUT2D eigenvalue weighted by Crippen LogP contribution is 2.10. The fourth-order valence-electron chi connectivity index (χ4n) is 1.97. The first kappa shape index (κ1) is 18.7. The van der Waals surface area contributed by atoms with Gasteiger partial charge in [-0.25, -0.2) is 19.2 Å². The second kappa shape index (κ2) is 8.43. The minimum absolute atomic E-state index is 0.00800. The molecule has 0 spiro atoms. The maximum absolute atomic E-state index is 11.9. The van der Waals surface area contributed by atoms with Crippen molar-refractivity contribution in [1.29, 1.82) is 0 Å². The number of carboxylic acids is 1. The van der Waals surface area contributed by atoms with E-state index in [1.165, 1.54) is 49.6 Å². The molecule has 0 aliphatic carbocycles. The zero-order chi connectivity index (χ0) is 19.1. The highest BCUT2D eigenvalue weighted by Gasteiger charge is 2.14. The Morgan fingerprint density at radius 2 is 1.19 bits per heavy atom. The molecule has 0 fully saturated rings. The lowest BCUT2D eigenvalue weighted by Gasteiger charge is -2.07. The van der Waals surface area contributed by atoms with Gasteiger partial charge in [-0.2, -0.15) is 0 Å². The highest BCUT2D eigenvalue weighted by atomic mass is 16.7. The zero-order valence-corrected chi connectivity index (χ0v) is 13.6. The van der Waals surface area contributed by atoms with Crippen LogP contribution in [-0.4, -0.2) is 42.9 Å². The van der Waals surface area contributed by atoms with Crippen LogP contribution in [0.1, 0.15) is 41.4 Å². The number of hydrogen-bond acceptors (Lipinski definition) is 7. The zero-order valence-electron chi connectivity index (χ0n) is 13.6. The van der Waals surface area contributed by atoms with Crippen molar-refractivity contribution in [3.05, 3.63) is 70.8 Å². The van der Waals surface area contributed by atoms with Crippen LogP contribution in [0.2, 0.25) is 0 Å². The molecule has 0 aliphatic rings. The normalized spacial score (nSPS) is 9.88. The molecule has 2 aromatic rings. The lowest BCUT2D eigenvalue weighted by molar-refractivity contribution is -0.0167. The number of carbonyl (C=O) groups is 4. The van der Waals surface area contributed by atoms with Crippen LogP contribution in [0.3, 0.4) is 0 Å². The van der Waals surface area contributed by atoms with Crippen LogP contribution in [-0.2, 0) is 14.2 Å². The van der Waals surface area contributed by atoms with E-state index in [1.54, 1.807) is 0 Å². The summed E-state index contributed by atoms with van der Waals surface area (Å²) in [5.74, 6) is -3.44. The van der Waals surface area contributed by atoms with Crippen molar-refractivity contribution in [3.8, 4) is 0 Å². The molecule has 2 aromatic carbocycles. The van der Waals surface area contributed by atoms with Gasteiger partial charge in [0.1, 0.15) is 0 Å². The number of benzene rings is 2. The van der Waals surface area contributed by atoms with Gasteiger partial charge in [-0.05, 0) is 36.4 Å². The molecule has 0 amide bonds. The van der Waals surface area contributed by atoms with E-state index >= 15 is 0 Å². The van der Waals surface area contributed by atoms with Gasteiger partial charge in [-0.1, -0.05) is 12.1 Å². The van der Waals surface area contributed by atoms with E-state index in [4.69, 9.17) is 14.6 Å². The summed E-state index contributed by atoms with van der Waals surface area (Å²) in [4.78, 5) is 46.1. The maximum atomic E-state index is 11.9. The Morgan fingerprint density at radius 3 is 1.65 bits per heavy atom. The summed E-state index contributed by atoms with van der Waals surface area (Å²) >= 11 is 0. The minimum Gasteiger partial charge on any atom is -0.478 e. The molecular formula is C18H14O8. The molecule has 26 heavy (non-hydrogen) atoms. The number of ether oxygens (including phenoxy) is 3. The molecule has 8 heteroatoms. The van der Waals surface area contributed by atoms with Gasteiger partial charge in [0.2, 0.25) is 6.79 Å². The Morgan fingerprint density at radius 1 is 0.769 bits per heavy atom. The molecule has 0 saturated heterocycles. The second-order valence-electron chi connectivity index (χ2n) is 4.94. The quantitative estimate of drug-likeness (QED) is 0.617. The first-order valence-electron chi connectivity index (χ1n) is 7.28. The number of aromatic carboxylic acids is 1. The van der Waals surface area contributed by atoms with Gasteiger partial charge in [0.25, 0.3) is 0 Å². The standard InChI is InChI=1S/C18H14O8/c1-24-16(21)12-5-3-7-14(9-12)18(23)26-10-25-17(22)13-6-2-4-11(8-13)15(19)20/h2-9H,10H2,1H3,(H,19,20). The molecule has 0 aromatic heterocycles. The fraction of sp³-hybridized carbons (Fsp3) is 0.111. The van der Waals surface area contributed by atoms with Crippen LogP contribution in [0.4, 0.5) is 0 Å². The summed E-state index contributed by atoms with van der Waals surface area (Å²) in [6.45, 7) is -0.669. The van der Waals surface area contributed by atoms with Gasteiger partial charge in [0.15, 0.2) is 0 Å². The van der Waals surface area contributed by atoms with E-state index < -0.39 is 30.7 Å². The molecule has 2 rings (SSSR count). The van der Waals surface area contributed by atoms with Gasteiger partial charge >= 0.3 is 23.9 Å². The summed E-state index contributed by atoms with van der Waals surface area (Å²) in [5, 5.41) is 8.89. The average molecular weight is 358 g/mol. The van der Waals surface area contributed by atoms with Crippen molar-refractivity contribution in [2.24, 2.45) is 0 Å². The van der Waals surface area contributed by atoms with Gasteiger partial charge in [-0.15, -0.1) is 0 Å². The van der Waals surface area contributed by atoms with Crippen molar-refractivity contribution in [1.82, 2.24) is 0 Å². The van der Waals surface area contributed by atoms with Crippen LogP contribution in [0.25, 0.3) is 0 Å². The topological polar surface area (TPSA) is 116 Å². The molecule has 0 unspecified atom stereocenters. The predicted octanol–water partition coefficient (Wildman–Crippen LogP) is 2.14. The average Bonchev–Trinajstić information content (AvgIpc) is 2.67. The molecule has 134 valence electrons.